The third-order valence-electron chi connectivity index (χ3n) is 7.02. The highest BCUT2D eigenvalue weighted by Crippen LogP contribution is 2.57. The van der Waals surface area contributed by atoms with Crippen molar-refractivity contribution >= 4 is 23.2 Å². The van der Waals surface area contributed by atoms with Gasteiger partial charge in [0.15, 0.2) is 11.4 Å². The van der Waals surface area contributed by atoms with Crippen molar-refractivity contribution in [3.8, 4) is 5.75 Å². The van der Waals surface area contributed by atoms with Crippen LogP contribution in [0.3, 0.4) is 0 Å². The number of benzene rings is 1. The third kappa shape index (κ3) is 2.48. The van der Waals surface area contributed by atoms with Crippen LogP contribution in [0.5, 0.6) is 5.75 Å². The Morgan fingerprint density at radius 3 is 2.34 bits per heavy atom. The number of phenols is 1. The standard InChI is InChI=1S/C22H24N2O8/c1-21(31)8-5-4-6-11(25)12(8)16(26)13-9(21)7-10-15(24(2)3)17(27)14(20(23)30)19(29)22(10,32)18(13)28/h4-6,9-10,15,25-26,29,31-32H,7H2,1-3H3,(H2,23,30)/t9?,10?,15-,21-,22?/m1/s1. The van der Waals surface area contributed by atoms with Crippen molar-refractivity contribution in [2.24, 2.45) is 17.6 Å². The molecule has 0 bridgehead atoms. The van der Waals surface area contributed by atoms with E-state index in [1.165, 1.54) is 44.1 Å². The van der Waals surface area contributed by atoms with Gasteiger partial charge in [0.1, 0.15) is 22.8 Å². The summed E-state index contributed by atoms with van der Waals surface area (Å²) in [5.74, 6) is -7.90. The number of aliphatic hydroxyl groups is 4. The molecule has 0 aromatic heterocycles. The number of fused-ring (bicyclic) bond motifs is 3. The number of carbonyl (C=O) groups is 3. The minimum atomic E-state index is -2.75. The number of amides is 1. The second-order valence-electron chi connectivity index (χ2n) is 8.96. The Kier molecular flexibility index (Phi) is 4.57. The normalized spacial score (nSPS) is 34.4. The van der Waals surface area contributed by atoms with Gasteiger partial charge in [-0.3, -0.25) is 19.3 Å². The minimum absolute atomic E-state index is 0.170. The molecule has 4 rings (SSSR count). The van der Waals surface area contributed by atoms with Gasteiger partial charge < -0.3 is 31.3 Å². The number of Topliss-reactive ketones (excluding diaryl/α,β-unsaturated/α-hetero) is 2. The van der Waals surface area contributed by atoms with E-state index in [0.717, 1.165) is 0 Å². The van der Waals surface area contributed by atoms with E-state index in [0.29, 0.717) is 0 Å². The Morgan fingerprint density at radius 2 is 1.78 bits per heavy atom. The van der Waals surface area contributed by atoms with Crippen molar-refractivity contribution in [3.05, 3.63) is 46.2 Å². The number of rotatable bonds is 2. The molecule has 0 radical (unpaired) electrons. The highest BCUT2D eigenvalue weighted by atomic mass is 16.3. The highest BCUT2D eigenvalue weighted by Gasteiger charge is 2.66. The minimum Gasteiger partial charge on any atom is -0.508 e. The Labute approximate surface area is 182 Å². The number of phenolic OH excluding ortho intramolecular Hbond substituents is 1. The molecular weight excluding hydrogens is 420 g/mol. The predicted molar refractivity (Wildman–Crippen MR) is 110 cm³/mol. The van der Waals surface area contributed by atoms with Gasteiger partial charge in [0.2, 0.25) is 5.78 Å². The SMILES string of the molecule is CN(C)[C@H]1C(=O)C(C(N)=O)=C(O)C2(O)C(=O)C3=C(O)c4c(O)cccc4[C@@](C)(O)C3CC12. The molecular formula is C22H24N2O8. The average molecular weight is 444 g/mol. The van der Waals surface area contributed by atoms with Crippen molar-refractivity contribution in [3.63, 3.8) is 0 Å². The van der Waals surface area contributed by atoms with Gasteiger partial charge in [-0.2, -0.15) is 0 Å². The summed E-state index contributed by atoms with van der Waals surface area (Å²) in [5, 5.41) is 54.9. The number of hydrogen-bond acceptors (Lipinski definition) is 9. The fourth-order valence-electron chi connectivity index (χ4n) is 5.50. The first-order chi connectivity index (χ1) is 14.8. The Bertz CT molecular complexity index is 1150. The molecule has 5 atom stereocenters. The van der Waals surface area contributed by atoms with Crippen LogP contribution in [0.1, 0.15) is 24.5 Å². The molecule has 0 heterocycles. The van der Waals surface area contributed by atoms with E-state index in [1.807, 2.05) is 0 Å². The summed E-state index contributed by atoms with van der Waals surface area (Å²) in [7, 11) is 3.01. The van der Waals surface area contributed by atoms with Crippen molar-refractivity contribution in [1.29, 1.82) is 0 Å². The number of aromatic hydroxyl groups is 1. The third-order valence-corrected chi connectivity index (χ3v) is 7.02. The van der Waals surface area contributed by atoms with E-state index >= 15 is 0 Å². The summed E-state index contributed by atoms with van der Waals surface area (Å²) >= 11 is 0. The number of hydrogen-bond donors (Lipinski definition) is 6. The van der Waals surface area contributed by atoms with Gasteiger partial charge >= 0.3 is 0 Å². The number of ketones is 2. The van der Waals surface area contributed by atoms with Crippen LogP contribution >= 0.6 is 0 Å². The lowest BCUT2D eigenvalue weighted by molar-refractivity contribution is -0.159. The highest BCUT2D eigenvalue weighted by molar-refractivity contribution is 6.24. The van der Waals surface area contributed by atoms with Crippen molar-refractivity contribution in [1.82, 2.24) is 4.90 Å². The largest absolute Gasteiger partial charge is 0.508 e. The van der Waals surface area contributed by atoms with Gasteiger partial charge in [-0.15, -0.1) is 0 Å². The van der Waals surface area contributed by atoms with Crippen LogP contribution in [0, 0.1) is 11.8 Å². The molecule has 10 nitrogen and oxygen atoms in total. The van der Waals surface area contributed by atoms with Crippen LogP contribution in [0.15, 0.2) is 35.1 Å². The summed E-state index contributed by atoms with van der Waals surface area (Å²) in [5.41, 5.74) is -0.548. The number of likely N-dealkylation sites (N-methyl/N-ethyl adjacent to an activating group) is 1. The zero-order chi connectivity index (χ0) is 23.9. The van der Waals surface area contributed by atoms with E-state index in [1.54, 1.807) is 0 Å². The quantitative estimate of drug-likeness (QED) is 0.332. The number of aliphatic hydroxyl groups excluding tert-OH is 2. The molecule has 1 fully saturated rings. The number of nitrogens with zero attached hydrogens (tertiary/aromatic N) is 1. The average Bonchev–Trinajstić information content (AvgIpc) is 2.68. The van der Waals surface area contributed by atoms with Gasteiger partial charge in [-0.1, -0.05) is 12.1 Å². The topological polar surface area (TPSA) is 182 Å². The first-order valence-electron chi connectivity index (χ1n) is 9.97. The van der Waals surface area contributed by atoms with Gasteiger partial charge in [0.25, 0.3) is 5.91 Å². The lowest BCUT2D eigenvalue weighted by atomic mass is 9.54. The zero-order valence-electron chi connectivity index (χ0n) is 17.7. The Morgan fingerprint density at radius 1 is 1.16 bits per heavy atom. The zero-order valence-corrected chi connectivity index (χ0v) is 17.7. The molecule has 1 amide bonds. The summed E-state index contributed by atoms with van der Waals surface area (Å²) in [6.07, 6.45) is -0.200. The lowest BCUT2D eigenvalue weighted by Gasteiger charge is -2.53. The van der Waals surface area contributed by atoms with Gasteiger partial charge in [-0.05, 0) is 39.1 Å². The van der Waals surface area contributed by atoms with Crippen molar-refractivity contribution in [2.45, 2.75) is 30.6 Å². The molecule has 32 heavy (non-hydrogen) atoms. The molecule has 3 aliphatic rings. The monoisotopic (exact) mass is 444 g/mol. The molecule has 1 saturated carbocycles. The molecule has 0 spiro atoms. The molecule has 7 N–H and O–H groups in total. The fourth-order valence-corrected chi connectivity index (χ4v) is 5.50. The van der Waals surface area contributed by atoms with Gasteiger partial charge in [0, 0.05) is 17.4 Å². The maximum atomic E-state index is 13.7. The van der Waals surface area contributed by atoms with Crippen LogP contribution in [0.2, 0.25) is 0 Å². The summed E-state index contributed by atoms with van der Waals surface area (Å²) in [6, 6.07) is 3.02. The summed E-state index contributed by atoms with van der Waals surface area (Å²) in [4.78, 5) is 40.0. The first-order valence-corrected chi connectivity index (χ1v) is 9.97. The van der Waals surface area contributed by atoms with E-state index in [-0.39, 0.29) is 17.5 Å². The Balaban J connectivity index is 2.05. The van der Waals surface area contributed by atoms with Crippen LogP contribution in [0.25, 0.3) is 5.76 Å². The molecule has 3 unspecified atom stereocenters. The molecule has 1 aromatic rings. The first kappa shape index (κ1) is 22.0. The molecule has 10 heteroatoms. The van der Waals surface area contributed by atoms with Crippen LogP contribution in [-0.2, 0) is 20.0 Å². The molecule has 1 aromatic carbocycles. The van der Waals surface area contributed by atoms with Gasteiger partial charge in [-0.25, -0.2) is 0 Å². The van der Waals surface area contributed by atoms with Gasteiger partial charge in [0.05, 0.1) is 17.2 Å². The van der Waals surface area contributed by atoms with Crippen LogP contribution in [0.4, 0.5) is 0 Å². The fraction of sp³-hybridized carbons (Fsp3) is 0.409. The second kappa shape index (κ2) is 6.64. The van der Waals surface area contributed by atoms with Crippen molar-refractivity contribution in [2.75, 3.05) is 14.1 Å². The van der Waals surface area contributed by atoms with E-state index in [9.17, 15) is 39.9 Å². The smallest absolute Gasteiger partial charge is 0.255 e. The molecule has 3 aliphatic carbocycles. The van der Waals surface area contributed by atoms with Crippen LogP contribution < -0.4 is 5.73 Å². The summed E-state index contributed by atoms with van der Waals surface area (Å²) in [6.45, 7) is 1.40. The van der Waals surface area contributed by atoms with Crippen molar-refractivity contribution < 1.29 is 39.9 Å². The number of primary amides is 1. The Hall–Kier alpha value is -3.21. The maximum Gasteiger partial charge on any atom is 0.255 e. The number of nitrogens with two attached hydrogens (primary N) is 1. The number of carbonyl (C=O) groups excluding carboxylic acids is 3. The maximum absolute atomic E-state index is 13.7. The molecule has 0 saturated heterocycles. The predicted octanol–water partition coefficient (Wildman–Crippen LogP) is -0.371. The lowest BCUT2D eigenvalue weighted by Crippen LogP contribution is -2.67. The van der Waals surface area contributed by atoms with E-state index in [2.05, 4.69) is 0 Å². The van der Waals surface area contributed by atoms with Crippen LogP contribution in [-0.4, -0.2) is 73.6 Å². The molecule has 170 valence electrons. The summed E-state index contributed by atoms with van der Waals surface area (Å²) < 4.78 is 0. The van der Waals surface area contributed by atoms with E-state index < -0.39 is 75.0 Å². The van der Waals surface area contributed by atoms with E-state index in [4.69, 9.17) is 5.73 Å². The molecule has 0 aliphatic heterocycles. The second-order valence-corrected chi connectivity index (χ2v) is 8.96.